The second-order valence-electron chi connectivity index (χ2n) is 3.73. The van der Waals surface area contributed by atoms with Crippen LogP contribution in [0.15, 0.2) is 24.3 Å². The van der Waals surface area contributed by atoms with E-state index < -0.39 is 0 Å². The van der Waals surface area contributed by atoms with Crippen molar-refractivity contribution in [2.75, 3.05) is 5.32 Å². The Morgan fingerprint density at radius 1 is 1.29 bits per heavy atom. The van der Waals surface area contributed by atoms with Gasteiger partial charge in [-0.1, -0.05) is 12.2 Å². The highest BCUT2D eigenvalue weighted by Crippen LogP contribution is 2.24. The molecule has 2 rings (SSSR count). The van der Waals surface area contributed by atoms with Crippen molar-refractivity contribution in [3.63, 3.8) is 0 Å². The van der Waals surface area contributed by atoms with Gasteiger partial charge in [0.1, 0.15) is 4.99 Å². The Balaban J connectivity index is 2.16. The van der Waals surface area contributed by atoms with Crippen LogP contribution >= 0.6 is 23.6 Å². The normalized spacial score (nSPS) is 10.2. The van der Waals surface area contributed by atoms with Crippen LogP contribution in [0.3, 0.4) is 0 Å². The smallest absolute Gasteiger partial charge is 0.187 e. The number of hydrogen-bond donors (Lipinski definition) is 2. The number of nitrogens with zero attached hydrogens (tertiary/aromatic N) is 1. The molecule has 1 heterocycles. The van der Waals surface area contributed by atoms with E-state index in [0.717, 1.165) is 22.1 Å². The van der Waals surface area contributed by atoms with Crippen LogP contribution < -0.4 is 11.1 Å². The summed E-state index contributed by atoms with van der Waals surface area (Å²) in [6, 6.07) is 7.69. The van der Waals surface area contributed by atoms with Gasteiger partial charge in [-0.05, 0) is 38.1 Å². The Kier molecular flexibility index (Phi) is 3.40. The van der Waals surface area contributed by atoms with Crippen molar-refractivity contribution in [3.05, 3.63) is 40.4 Å². The van der Waals surface area contributed by atoms with Crippen molar-refractivity contribution < 1.29 is 0 Å². The van der Waals surface area contributed by atoms with Crippen molar-refractivity contribution >= 4 is 39.4 Å². The molecular weight excluding hydrogens is 250 g/mol. The lowest BCUT2D eigenvalue weighted by molar-refractivity contribution is 1.23. The van der Waals surface area contributed by atoms with E-state index >= 15 is 0 Å². The Morgan fingerprint density at radius 2 is 1.94 bits per heavy atom. The number of anilines is 2. The molecule has 0 radical (unpaired) electrons. The molecule has 0 saturated heterocycles. The van der Waals surface area contributed by atoms with Crippen molar-refractivity contribution in [1.29, 1.82) is 0 Å². The Hall–Kier alpha value is -1.46. The number of nitrogens with one attached hydrogen (secondary N) is 1. The number of rotatable bonds is 3. The summed E-state index contributed by atoms with van der Waals surface area (Å²) >= 11 is 6.55. The van der Waals surface area contributed by atoms with E-state index in [2.05, 4.69) is 17.2 Å². The lowest BCUT2D eigenvalue weighted by Crippen LogP contribution is -2.08. The first-order valence-electron chi connectivity index (χ1n) is 5.17. The van der Waals surface area contributed by atoms with E-state index in [1.54, 1.807) is 11.3 Å². The molecule has 3 N–H and O–H groups in total. The molecule has 0 aliphatic carbocycles. The van der Waals surface area contributed by atoms with Crippen LogP contribution in [-0.4, -0.2) is 9.97 Å². The fourth-order valence-electron chi connectivity index (χ4n) is 1.37. The van der Waals surface area contributed by atoms with Crippen molar-refractivity contribution in [1.82, 2.24) is 4.98 Å². The van der Waals surface area contributed by atoms with Gasteiger partial charge < -0.3 is 11.1 Å². The van der Waals surface area contributed by atoms with Crippen LogP contribution in [0.2, 0.25) is 0 Å². The first-order valence-corrected chi connectivity index (χ1v) is 6.39. The maximum atomic E-state index is 5.54. The van der Waals surface area contributed by atoms with Crippen LogP contribution in [0.4, 0.5) is 10.8 Å². The highest BCUT2D eigenvalue weighted by Gasteiger charge is 2.03. The summed E-state index contributed by atoms with van der Waals surface area (Å²) in [7, 11) is 0. The maximum Gasteiger partial charge on any atom is 0.187 e. The van der Waals surface area contributed by atoms with Gasteiger partial charge in [0.05, 0.1) is 5.69 Å². The number of hydrogen-bond acceptors (Lipinski definition) is 4. The molecule has 88 valence electrons. The molecule has 0 aliphatic heterocycles. The monoisotopic (exact) mass is 263 g/mol. The summed E-state index contributed by atoms with van der Waals surface area (Å²) in [5.74, 6) is 0. The first kappa shape index (κ1) is 12.0. The van der Waals surface area contributed by atoms with E-state index in [1.807, 2.05) is 31.2 Å². The molecule has 1 aromatic heterocycles. The summed E-state index contributed by atoms with van der Waals surface area (Å²) < 4.78 is 0. The van der Waals surface area contributed by atoms with Crippen LogP contribution in [0.1, 0.15) is 16.1 Å². The van der Waals surface area contributed by atoms with Gasteiger partial charge in [0.2, 0.25) is 0 Å². The molecule has 2 aromatic rings. The predicted octanol–water partition coefficient (Wildman–Crippen LogP) is 3.14. The Morgan fingerprint density at radius 3 is 2.41 bits per heavy atom. The third-order valence-corrected chi connectivity index (χ3v) is 3.67. The highest BCUT2D eigenvalue weighted by atomic mass is 32.1. The molecule has 0 fully saturated rings. The Bertz CT molecular complexity index is 524. The van der Waals surface area contributed by atoms with Gasteiger partial charge in [-0.25, -0.2) is 4.98 Å². The third kappa shape index (κ3) is 2.81. The molecule has 0 spiro atoms. The molecule has 3 nitrogen and oxygen atoms in total. The van der Waals surface area contributed by atoms with E-state index in [1.165, 1.54) is 4.88 Å². The number of aryl methyl sites for hydroxylation is 2. The highest BCUT2D eigenvalue weighted by molar-refractivity contribution is 7.80. The fraction of sp³-hybridized carbons (Fsp3) is 0.167. The van der Waals surface area contributed by atoms with Crippen molar-refractivity contribution in [2.45, 2.75) is 13.8 Å². The molecule has 1 aromatic carbocycles. The first-order chi connectivity index (χ1) is 8.06. The molecule has 5 heteroatoms. The average Bonchev–Trinajstić information content (AvgIpc) is 2.58. The molecule has 0 atom stereocenters. The average molecular weight is 263 g/mol. The van der Waals surface area contributed by atoms with Crippen molar-refractivity contribution in [3.8, 4) is 0 Å². The van der Waals surface area contributed by atoms with Gasteiger partial charge in [0.25, 0.3) is 0 Å². The van der Waals surface area contributed by atoms with Crippen LogP contribution in [0.25, 0.3) is 0 Å². The minimum Gasteiger partial charge on any atom is -0.389 e. The second kappa shape index (κ2) is 4.81. The lowest BCUT2D eigenvalue weighted by Gasteiger charge is -2.03. The van der Waals surface area contributed by atoms with E-state index in [9.17, 15) is 0 Å². The molecule has 0 saturated carbocycles. The summed E-state index contributed by atoms with van der Waals surface area (Å²) in [6.45, 7) is 4.07. The number of nitrogens with two attached hydrogens (primary N) is 1. The molecule has 0 aliphatic rings. The van der Waals surface area contributed by atoms with E-state index in [0.29, 0.717) is 4.99 Å². The van der Waals surface area contributed by atoms with Crippen LogP contribution in [-0.2, 0) is 0 Å². The summed E-state index contributed by atoms with van der Waals surface area (Å²) in [5, 5.41) is 4.16. The Labute approximate surface area is 110 Å². The van der Waals surface area contributed by atoms with E-state index in [-0.39, 0.29) is 0 Å². The zero-order valence-corrected chi connectivity index (χ0v) is 11.3. The quantitative estimate of drug-likeness (QED) is 0.835. The standard InChI is InChI=1S/C12H13N3S2/c1-7-8(2)17-12(14-7)15-10-5-3-9(4-6-10)11(13)16/h3-6H,1-2H3,(H2,13,16)(H,14,15). The summed E-state index contributed by atoms with van der Waals surface area (Å²) in [5.41, 5.74) is 8.46. The van der Waals surface area contributed by atoms with Gasteiger partial charge in [0.15, 0.2) is 5.13 Å². The predicted molar refractivity (Wildman–Crippen MR) is 77.2 cm³/mol. The maximum absolute atomic E-state index is 5.54. The topological polar surface area (TPSA) is 50.9 Å². The minimum absolute atomic E-state index is 0.414. The molecular formula is C12H13N3S2. The van der Waals surface area contributed by atoms with Gasteiger partial charge in [-0.15, -0.1) is 11.3 Å². The number of thiocarbonyl (C=S) groups is 1. The SMILES string of the molecule is Cc1nc(Nc2ccc(C(N)=S)cc2)sc1C. The largest absolute Gasteiger partial charge is 0.389 e. The molecule has 0 unspecified atom stereocenters. The van der Waals surface area contributed by atoms with Crippen LogP contribution in [0, 0.1) is 13.8 Å². The lowest BCUT2D eigenvalue weighted by atomic mass is 10.2. The zero-order valence-electron chi connectivity index (χ0n) is 9.65. The molecule has 17 heavy (non-hydrogen) atoms. The zero-order chi connectivity index (χ0) is 12.4. The van der Waals surface area contributed by atoms with Gasteiger partial charge in [-0.2, -0.15) is 0 Å². The number of benzene rings is 1. The van der Waals surface area contributed by atoms with Crippen molar-refractivity contribution in [2.24, 2.45) is 5.73 Å². The summed E-state index contributed by atoms with van der Waals surface area (Å²) in [4.78, 5) is 6.06. The number of aromatic nitrogens is 1. The van der Waals surface area contributed by atoms with Crippen LogP contribution in [0.5, 0.6) is 0 Å². The molecule has 0 amide bonds. The second-order valence-corrected chi connectivity index (χ2v) is 5.37. The van der Waals surface area contributed by atoms with Gasteiger partial charge in [0, 0.05) is 16.1 Å². The summed E-state index contributed by atoms with van der Waals surface area (Å²) in [6.07, 6.45) is 0. The molecule has 0 bridgehead atoms. The third-order valence-electron chi connectivity index (χ3n) is 2.45. The van der Waals surface area contributed by atoms with Gasteiger partial charge in [-0.3, -0.25) is 0 Å². The fourth-order valence-corrected chi connectivity index (χ4v) is 2.34. The minimum atomic E-state index is 0.414. The number of thiazole rings is 1. The van der Waals surface area contributed by atoms with Gasteiger partial charge >= 0.3 is 0 Å². The van der Waals surface area contributed by atoms with E-state index in [4.69, 9.17) is 18.0 Å².